The van der Waals surface area contributed by atoms with Gasteiger partial charge in [-0.3, -0.25) is 9.98 Å². The molecule has 2 nitrogen and oxygen atoms in total. The maximum atomic E-state index is 13.9. The Bertz CT molecular complexity index is 1050. The van der Waals surface area contributed by atoms with Crippen molar-refractivity contribution in [1.29, 1.82) is 0 Å². The lowest BCUT2D eigenvalue weighted by Crippen LogP contribution is -2.32. The fraction of sp³-hybridized carbons (Fsp3) is 0.200. The van der Waals surface area contributed by atoms with E-state index in [1.165, 1.54) is 19.2 Å². The van der Waals surface area contributed by atoms with Crippen molar-refractivity contribution in [1.82, 2.24) is 4.98 Å². The smallest absolute Gasteiger partial charge is 0.260 e. The summed E-state index contributed by atoms with van der Waals surface area (Å²) in [6.45, 7) is 3.33. The van der Waals surface area contributed by atoms with Gasteiger partial charge in [0.05, 0.1) is 5.71 Å². The molecule has 0 saturated carbocycles. The summed E-state index contributed by atoms with van der Waals surface area (Å²) in [6, 6.07) is 12.1. The van der Waals surface area contributed by atoms with Crippen LogP contribution in [-0.2, 0) is 0 Å². The van der Waals surface area contributed by atoms with Gasteiger partial charge in [-0.2, -0.15) is 0 Å². The Morgan fingerprint density at radius 2 is 1.88 bits per heavy atom. The molecule has 1 aliphatic heterocycles. The van der Waals surface area contributed by atoms with E-state index in [9.17, 15) is 13.2 Å². The zero-order valence-corrected chi connectivity index (χ0v) is 14.9. The predicted molar refractivity (Wildman–Crippen MR) is 98.8 cm³/mol. The van der Waals surface area contributed by atoms with Gasteiger partial charge in [-0.15, -0.1) is 0 Å². The number of nitrogens with zero attached hydrogens (tertiary/aromatic N) is 2. The van der Waals surface area contributed by atoms with Crippen molar-refractivity contribution in [2.45, 2.75) is 30.0 Å². The van der Waals surface area contributed by atoms with E-state index in [0.29, 0.717) is 16.7 Å². The number of para-hydroxylation sites is 1. The summed E-state index contributed by atoms with van der Waals surface area (Å²) in [4.78, 5) is 7.80. The number of hydrogen-bond acceptors (Lipinski definition) is 3. The van der Waals surface area contributed by atoms with Crippen LogP contribution in [0.1, 0.15) is 23.6 Å². The average Bonchev–Trinajstić information content (AvgIpc) is 2.62. The molecule has 1 unspecified atom stereocenters. The van der Waals surface area contributed by atoms with Gasteiger partial charge in [0.15, 0.2) is 4.87 Å². The summed E-state index contributed by atoms with van der Waals surface area (Å²) in [7, 11) is 0. The second-order valence-corrected chi connectivity index (χ2v) is 7.84. The number of aromatic nitrogens is 1. The van der Waals surface area contributed by atoms with Gasteiger partial charge < -0.3 is 0 Å². The molecule has 0 fully saturated rings. The molecule has 0 aliphatic carbocycles. The fourth-order valence-corrected chi connectivity index (χ4v) is 4.20. The molecule has 0 N–H and O–H groups in total. The highest BCUT2D eigenvalue weighted by atomic mass is 32.2. The normalized spacial score (nSPS) is 19.5. The van der Waals surface area contributed by atoms with Gasteiger partial charge in [0, 0.05) is 27.6 Å². The highest BCUT2D eigenvalue weighted by Gasteiger charge is 2.41. The Balaban J connectivity index is 1.96. The SMILES string of the molecule is Cc1cccc2c1SC(C)(C(F)F)N=C2c1cnc2c(F)cccc2c1. The zero-order valence-electron chi connectivity index (χ0n) is 14.1. The van der Waals surface area contributed by atoms with Gasteiger partial charge in [0.2, 0.25) is 0 Å². The van der Waals surface area contributed by atoms with Gasteiger partial charge in [0.25, 0.3) is 6.43 Å². The second-order valence-electron chi connectivity index (χ2n) is 6.40. The molecule has 6 heteroatoms. The lowest BCUT2D eigenvalue weighted by molar-refractivity contribution is 0.109. The van der Waals surface area contributed by atoms with Crippen molar-refractivity contribution < 1.29 is 13.2 Å². The van der Waals surface area contributed by atoms with Crippen LogP contribution in [0.3, 0.4) is 0 Å². The van der Waals surface area contributed by atoms with Gasteiger partial charge in [-0.1, -0.05) is 42.1 Å². The van der Waals surface area contributed by atoms with E-state index in [-0.39, 0.29) is 5.52 Å². The van der Waals surface area contributed by atoms with Crippen LogP contribution in [0, 0.1) is 12.7 Å². The van der Waals surface area contributed by atoms with E-state index in [0.717, 1.165) is 27.8 Å². The minimum atomic E-state index is -2.62. The van der Waals surface area contributed by atoms with Crippen LogP contribution >= 0.6 is 11.8 Å². The minimum absolute atomic E-state index is 0.253. The summed E-state index contributed by atoms with van der Waals surface area (Å²) >= 11 is 1.08. The first-order chi connectivity index (χ1) is 12.4. The van der Waals surface area contributed by atoms with Crippen molar-refractivity contribution in [2.75, 3.05) is 0 Å². The Kier molecular flexibility index (Phi) is 4.03. The lowest BCUT2D eigenvalue weighted by Gasteiger charge is -2.31. The van der Waals surface area contributed by atoms with Crippen LogP contribution in [0.15, 0.2) is 58.5 Å². The third kappa shape index (κ3) is 2.69. The Morgan fingerprint density at radius 1 is 1.12 bits per heavy atom. The van der Waals surface area contributed by atoms with Crippen LogP contribution in [0.5, 0.6) is 0 Å². The van der Waals surface area contributed by atoms with Crippen molar-refractivity contribution in [3.63, 3.8) is 0 Å². The number of hydrogen-bond donors (Lipinski definition) is 0. The van der Waals surface area contributed by atoms with Crippen LogP contribution in [0.2, 0.25) is 0 Å². The molecule has 2 heterocycles. The van der Waals surface area contributed by atoms with E-state index >= 15 is 0 Å². The Hall–Kier alpha value is -2.34. The number of benzene rings is 2. The van der Waals surface area contributed by atoms with E-state index in [1.54, 1.807) is 18.2 Å². The van der Waals surface area contributed by atoms with E-state index < -0.39 is 17.1 Å². The molecular weight excluding hydrogens is 357 g/mol. The van der Waals surface area contributed by atoms with Crippen LogP contribution in [0.25, 0.3) is 10.9 Å². The van der Waals surface area contributed by atoms with E-state index in [1.807, 2.05) is 25.1 Å². The molecule has 0 saturated heterocycles. The topological polar surface area (TPSA) is 25.2 Å². The molecule has 2 aromatic carbocycles. The molecule has 0 radical (unpaired) electrons. The average molecular weight is 372 g/mol. The highest BCUT2D eigenvalue weighted by molar-refractivity contribution is 8.01. The molecule has 0 amide bonds. The Labute approximate surface area is 153 Å². The first-order valence-corrected chi connectivity index (χ1v) is 8.92. The van der Waals surface area contributed by atoms with Crippen LogP contribution < -0.4 is 0 Å². The fourth-order valence-electron chi connectivity index (χ4n) is 3.05. The predicted octanol–water partition coefficient (Wildman–Crippen LogP) is 5.61. The summed E-state index contributed by atoms with van der Waals surface area (Å²) < 4.78 is 41.4. The summed E-state index contributed by atoms with van der Waals surface area (Å²) in [6.07, 6.45) is -1.13. The highest BCUT2D eigenvalue weighted by Crippen LogP contribution is 2.46. The number of pyridine rings is 1. The monoisotopic (exact) mass is 372 g/mol. The lowest BCUT2D eigenvalue weighted by atomic mass is 9.99. The summed E-state index contributed by atoms with van der Waals surface area (Å²) in [5, 5.41) is 0.608. The third-order valence-corrected chi connectivity index (χ3v) is 5.88. The zero-order chi connectivity index (χ0) is 18.5. The van der Waals surface area contributed by atoms with Crippen LogP contribution in [0.4, 0.5) is 13.2 Å². The molecule has 132 valence electrons. The maximum absolute atomic E-state index is 13.9. The van der Waals surface area contributed by atoms with Crippen molar-refractivity contribution in [3.8, 4) is 0 Å². The van der Waals surface area contributed by atoms with Gasteiger partial charge in [-0.05, 0) is 31.5 Å². The quantitative estimate of drug-likeness (QED) is 0.584. The van der Waals surface area contributed by atoms with Crippen molar-refractivity contribution >= 4 is 28.4 Å². The molecule has 1 aromatic heterocycles. The first kappa shape index (κ1) is 17.1. The number of rotatable bonds is 2. The molecule has 1 atom stereocenters. The molecule has 0 bridgehead atoms. The van der Waals surface area contributed by atoms with Gasteiger partial charge in [-0.25, -0.2) is 13.2 Å². The van der Waals surface area contributed by atoms with Gasteiger partial charge in [0.1, 0.15) is 11.3 Å². The number of aliphatic imine (C=N–C) groups is 1. The summed E-state index contributed by atoms with van der Waals surface area (Å²) in [5.74, 6) is -0.413. The van der Waals surface area contributed by atoms with Crippen molar-refractivity contribution in [2.24, 2.45) is 4.99 Å². The summed E-state index contributed by atoms with van der Waals surface area (Å²) in [5.41, 5.74) is 3.03. The minimum Gasteiger partial charge on any atom is -0.260 e. The molecular formula is C20H15F3N2S. The van der Waals surface area contributed by atoms with Crippen LogP contribution in [-0.4, -0.2) is 22.0 Å². The number of alkyl halides is 2. The largest absolute Gasteiger partial charge is 0.272 e. The molecule has 26 heavy (non-hydrogen) atoms. The van der Waals surface area contributed by atoms with E-state index in [2.05, 4.69) is 9.98 Å². The third-order valence-electron chi connectivity index (χ3n) is 4.45. The molecule has 0 spiro atoms. The van der Waals surface area contributed by atoms with E-state index in [4.69, 9.17) is 0 Å². The molecule has 3 aromatic rings. The first-order valence-electron chi connectivity index (χ1n) is 8.11. The van der Waals surface area contributed by atoms with Crippen molar-refractivity contribution in [3.05, 3.63) is 71.2 Å². The number of aryl methyl sites for hydroxylation is 1. The molecule has 1 aliphatic rings. The second kappa shape index (κ2) is 6.13. The molecule has 4 rings (SSSR count). The standard InChI is InChI=1S/C20H15F3N2S/c1-11-5-3-7-14-16(25-20(2,19(22)23)26-18(11)14)13-9-12-6-4-8-15(21)17(12)24-10-13/h3-10,19H,1-2H3. The number of halogens is 3. The number of thioether (sulfide) groups is 1. The Morgan fingerprint density at radius 3 is 2.65 bits per heavy atom. The number of fused-ring (bicyclic) bond motifs is 2. The van der Waals surface area contributed by atoms with Gasteiger partial charge >= 0.3 is 0 Å². The maximum Gasteiger partial charge on any atom is 0.272 e.